The summed E-state index contributed by atoms with van der Waals surface area (Å²) in [7, 11) is 0. The SMILES string of the molecule is NC(N)=NN=Cc1cccc(CN2CCCCC2)c1. The van der Waals surface area contributed by atoms with Gasteiger partial charge in [0.1, 0.15) is 0 Å². The van der Waals surface area contributed by atoms with Gasteiger partial charge in [-0.05, 0) is 43.1 Å². The predicted octanol–water partition coefficient (Wildman–Crippen LogP) is 1.28. The van der Waals surface area contributed by atoms with Gasteiger partial charge in [0, 0.05) is 6.54 Å². The highest BCUT2D eigenvalue weighted by Gasteiger charge is 2.10. The Morgan fingerprint density at radius 2 is 2.00 bits per heavy atom. The van der Waals surface area contributed by atoms with Crippen LogP contribution in [0, 0.1) is 0 Å². The Labute approximate surface area is 114 Å². The average Bonchev–Trinajstić information content (AvgIpc) is 2.40. The molecule has 0 atom stereocenters. The van der Waals surface area contributed by atoms with Crippen LogP contribution in [-0.2, 0) is 6.54 Å². The van der Waals surface area contributed by atoms with Crippen molar-refractivity contribution in [2.75, 3.05) is 13.1 Å². The molecule has 5 nitrogen and oxygen atoms in total. The number of guanidine groups is 1. The van der Waals surface area contributed by atoms with Crippen LogP contribution < -0.4 is 11.5 Å². The Hall–Kier alpha value is -1.88. The summed E-state index contributed by atoms with van der Waals surface area (Å²) in [6, 6.07) is 8.30. The van der Waals surface area contributed by atoms with E-state index < -0.39 is 0 Å². The molecular weight excluding hydrogens is 238 g/mol. The molecule has 1 aliphatic heterocycles. The fourth-order valence-electron chi connectivity index (χ4n) is 2.31. The second kappa shape index (κ2) is 6.89. The van der Waals surface area contributed by atoms with E-state index in [-0.39, 0.29) is 5.96 Å². The quantitative estimate of drug-likeness (QED) is 0.485. The van der Waals surface area contributed by atoms with E-state index in [1.807, 2.05) is 12.1 Å². The van der Waals surface area contributed by atoms with Crippen LogP contribution >= 0.6 is 0 Å². The minimum absolute atomic E-state index is 0.0271. The number of benzene rings is 1. The van der Waals surface area contributed by atoms with E-state index in [1.54, 1.807) is 6.21 Å². The summed E-state index contributed by atoms with van der Waals surface area (Å²) >= 11 is 0. The van der Waals surface area contributed by atoms with Crippen molar-refractivity contribution >= 4 is 12.2 Å². The molecule has 0 radical (unpaired) electrons. The molecule has 0 unspecified atom stereocenters. The maximum atomic E-state index is 5.22. The fourth-order valence-corrected chi connectivity index (χ4v) is 2.31. The molecule has 0 bridgehead atoms. The normalized spacial score (nSPS) is 16.6. The van der Waals surface area contributed by atoms with Gasteiger partial charge in [-0.25, -0.2) is 0 Å². The maximum absolute atomic E-state index is 5.22. The molecule has 0 aromatic heterocycles. The van der Waals surface area contributed by atoms with Crippen LogP contribution in [0.15, 0.2) is 34.5 Å². The van der Waals surface area contributed by atoms with E-state index in [9.17, 15) is 0 Å². The summed E-state index contributed by atoms with van der Waals surface area (Å²) in [5.41, 5.74) is 12.7. The Balaban J connectivity index is 1.98. The molecule has 4 N–H and O–H groups in total. The van der Waals surface area contributed by atoms with Gasteiger partial charge >= 0.3 is 0 Å². The lowest BCUT2D eigenvalue weighted by Crippen LogP contribution is -2.29. The van der Waals surface area contributed by atoms with Gasteiger partial charge in [-0.1, -0.05) is 24.6 Å². The molecule has 0 spiro atoms. The average molecular weight is 259 g/mol. The van der Waals surface area contributed by atoms with E-state index in [2.05, 4.69) is 27.2 Å². The molecule has 102 valence electrons. The van der Waals surface area contributed by atoms with Crippen molar-refractivity contribution in [3.63, 3.8) is 0 Å². The van der Waals surface area contributed by atoms with Crippen molar-refractivity contribution in [2.24, 2.45) is 21.7 Å². The molecule has 1 fully saturated rings. The monoisotopic (exact) mass is 259 g/mol. The summed E-state index contributed by atoms with van der Waals surface area (Å²) in [4.78, 5) is 2.50. The molecule has 5 heteroatoms. The summed E-state index contributed by atoms with van der Waals surface area (Å²) < 4.78 is 0. The van der Waals surface area contributed by atoms with E-state index in [4.69, 9.17) is 11.5 Å². The van der Waals surface area contributed by atoms with E-state index >= 15 is 0 Å². The third kappa shape index (κ3) is 4.71. The zero-order chi connectivity index (χ0) is 13.5. The zero-order valence-electron chi connectivity index (χ0n) is 11.1. The lowest BCUT2D eigenvalue weighted by atomic mass is 10.1. The molecule has 1 aliphatic rings. The second-order valence-corrected chi connectivity index (χ2v) is 4.85. The number of nitrogens with zero attached hydrogens (tertiary/aromatic N) is 3. The molecule has 1 saturated heterocycles. The van der Waals surface area contributed by atoms with Crippen LogP contribution in [0.1, 0.15) is 30.4 Å². The van der Waals surface area contributed by atoms with Gasteiger partial charge in [0.25, 0.3) is 0 Å². The Bertz CT molecular complexity index is 457. The molecule has 0 amide bonds. The molecule has 19 heavy (non-hydrogen) atoms. The molecule has 1 aromatic rings. The smallest absolute Gasteiger partial charge is 0.211 e. The van der Waals surface area contributed by atoms with E-state index in [0.717, 1.165) is 12.1 Å². The van der Waals surface area contributed by atoms with Crippen LogP contribution in [-0.4, -0.2) is 30.2 Å². The molecule has 1 aromatic carbocycles. The third-order valence-electron chi connectivity index (χ3n) is 3.19. The van der Waals surface area contributed by atoms with Gasteiger partial charge < -0.3 is 11.5 Å². The van der Waals surface area contributed by atoms with Crippen molar-refractivity contribution in [2.45, 2.75) is 25.8 Å². The van der Waals surface area contributed by atoms with Gasteiger partial charge in [0.2, 0.25) is 5.96 Å². The molecule has 2 rings (SSSR count). The van der Waals surface area contributed by atoms with E-state index in [1.165, 1.54) is 37.9 Å². The Kier molecular flexibility index (Phi) is 4.92. The number of hydrogen-bond donors (Lipinski definition) is 2. The number of rotatable bonds is 4. The largest absolute Gasteiger partial charge is 0.369 e. The second-order valence-electron chi connectivity index (χ2n) is 4.85. The van der Waals surface area contributed by atoms with Crippen molar-refractivity contribution in [1.29, 1.82) is 0 Å². The lowest BCUT2D eigenvalue weighted by Gasteiger charge is -2.26. The van der Waals surface area contributed by atoms with Gasteiger partial charge in [-0.15, -0.1) is 5.10 Å². The summed E-state index contributed by atoms with van der Waals surface area (Å²) in [5.74, 6) is -0.0271. The van der Waals surface area contributed by atoms with E-state index in [0.29, 0.717) is 0 Å². The fraction of sp³-hybridized carbons (Fsp3) is 0.429. The Morgan fingerprint density at radius 3 is 2.74 bits per heavy atom. The number of nitrogens with two attached hydrogens (primary N) is 2. The maximum Gasteiger partial charge on any atom is 0.211 e. The number of likely N-dealkylation sites (tertiary alicyclic amines) is 1. The van der Waals surface area contributed by atoms with Gasteiger partial charge in [0.05, 0.1) is 6.21 Å². The first-order valence-electron chi connectivity index (χ1n) is 6.67. The lowest BCUT2D eigenvalue weighted by molar-refractivity contribution is 0.221. The van der Waals surface area contributed by atoms with Crippen LogP contribution in [0.3, 0.4) is 0 Å². The van der Waals surface area contributed by atoms with Crippen molar-refractivity contribution in [3.8, 4) is 0 Å². The number of hydrogen-bond acceptors (Lipinski definition) is 3. The van der Waals surface area contributed by atoms with Crippen LogP contribution in [0.5, 0.6) is 0 Å². The van der Waals surface area contributed by atoms with Gasteiger partial charge in [-0.3, -0.25) is 4.90 Å². The Morgan fingerprint density at radius 1 is 1.21 bits per heavy atom. The summed E-state index contributed by atoms with van der Waals surface area (Å²) in [6.45, 7) is 3.41. The minimum Gasteiger partial charge on any atom is -0.369 e. The summed E-state index contributed by atoms with van der Waals surface area (Å²) in [5, 5.41) is 7.42. The van der Waals surface area contributed by atoms with Crippen LogP contribution in [0.2, 0.25) is 0 Å². The first kappa shape index (κ1) is 13.5. The first-order valence-corrected chi connectivity index (χ1v) is 6.67. The highest BCUT2D eigenvalue weighted by atomic mass is 15.3. The van der Waals surface area contributed by atoms with Crippen molar-refractivity contribution in [1.82, 2.24) is 4.90 Å². The highest BCUT2D eigenvalue weighted by Crippen LogP contribution is 2.13. The van der Waals surface area contributed by atoms with Gasteiger partial charge in [-0.2, -0.15) is 5.10 Å². The van der Waals surface area contributed by atoms with Crippen molar-refractivity contribution < 1.29 is 0 Å². The molecule has 1 heterocycles. The first-order chi connectivity index (χ1) is 9.24. The minimum atomic E-state index is -0.0271. The standard InChI is InChI=1S/C14H21N5/c15-14(16)18-17-10-12-5-4-6-13(9-12)11-19-7-2-1-3-8-19/h4-6,9-10H,1-3,7-8,11H2,(H4,15,16,18). The third-order valence-corrected chi connectivity index (χ3v) is 3.19. The molecular formula is C14H21N5. The molecule has 0 aliphatic carbocycles. The topological polar surface area (TPSA) is 80.0 Å². The zero-order valence-corrected chi connectivity index (χ0v) is 11.1. The predicted molar refractivity (Wildman–Crippen MR) is 79.0 cm³/mol. The van der Waals surface area contributed by atoms with Gasteiger partial charge in [0.15, 0.2) is 0 Å². The molecule has 0 saturated carbocycles. The van der Waals surface area contributed by atoms with Crippen LogP contribution in [0.4, 0.5) is 0 Å². The highest BCUT2D eigenvalue weighted by molar-refractivity contribution is 5.81. The summed E-state index contributed by atoms with van der Waals surface area (Å²) in [6.07, 6.45) is 5.65. The number of piperidine rings is 1. The van der Waals surface area contributed by atoms with Crippen LogP contribution in [0.25, 0.3) is 0 Å². The van der Waals surface area contributed by atoms with Crippen molar-refractivity contribution in [3.05, 3.63) is 35.4 Å².